The summed E-state index contributed by atoms with van der Waals surface area (Å²) in [6, 6.07) is 13.5. The van der Waals surface area contributed by atoms with E-state index >= 15 is 0 Å². The Labute approximate surface area is 123 Å². The molecule has 1 aliphatic carbocycles. The van der Waals surface area contributed by atoms with Crippen LogP contribution in [0.1, 0.15) is 22.3 Å². The van der Waals surface area contributed by atoms with Crippen LogP contribution in [-0.2, 0) is 5.60 Å². The van der Waals surface area contributed by atoms with Crippen molar-refractivity contribution in [2.45, 2.75) is 5.60 Å². The van der Waals surface area contributed by atoms with Crippen LogP contribution in [0.2, 0.25) is 5.02 Å². The highest BCUT2D eigenvalue weighted by atomic mass is 35.5. The molecule has 0 spiro atoms. The van der Waals surface area contributed by atoms with Gasteiger partial charge in [-0.3, -0.25) is 0 Å². The predicted molar refractivity (Wildman–Crippen MR) is 83.7 cm³/mol. The van der Waals surface area contributed by atoms with Crippen LogP contribution in [0.5, 0.6) is 0 Å². The number of likely N-dealkylation sites (N-methyl/N-ethyl adjacent to an activating group) is 1. The van der Waals surface area contributed by atoms with Crippen molar-refractivity contribution < 1.29 is 5.11 Å². The molecule has 0 aliphatic heterocycles. The third-order valence-corrected chi connectivity index (χ3v) is 3.98. The second-order valence-corrected chi connectivity index (χ2v) is 5.48. The molecular formula is C17H16ClNO. The third-order valence-electron chi connectivity index (χ3n) is 3.74. The van der Waals surface area contributed by atoms with E-state index in [1.165, 1.54) is 0 Å². The van der Waals surface area contributed by atoms with Gasteiger partial charge in [-0.2, -0.15) is 0 Å². The topological polar surface area (TPSA) is 32.3 Å². The highest BCUT2D eigenvalue weighted by Crippen LogP contribution is 2.38. The van der Waals surface area contributed by atoms with Gasteiger partial charge in [0.05, 0.1) is 0 Å². The molecule has 0 saturated carbocycles. The quantitative estimate of drug-likeness (QED) is 0.887. The lowest BCUT2D eigenvalue weighted by atomic mass is 9.83. The minimum atomic E-state index is -1.09. The molecule has 0 saturated heterocycles. The molecule has 0 radical (unpaired) electrons. The summed E-state index contributed by atoms with van der Waals surface area (Å²) >= 11 is 6.13. The summed E-state index contributed by atoms with van der Waals surface area (Å²) in [4.78, 5) is 0. The number of benzene rings is 2. The highest BCUT2D eigenvalue weighted by molar-refractivity contribution is 6.30. The molecule has 0 amide bonds. The van der Waals surface area contributed by atoms with Crippen molar-refractivity contribution in [2.75, 3.05) is 13.6 Å². The SMILES string of the molecule is CNCC1(O)c2ccccc2C=Cc2ccc(Cl)cc21. The summed E-state index contributed by atoms with van der Waals surface area (Å²) in [6.45, 7) is 0.430. The summed E-state index contributed by atoms with van der Waals surface area (Å²) in [5, 5.41) is 15.0. The summed E-state index contributed by atoms with van der Waals surface area (Å²) in [6.07, 6.45) is 4.06. The van der Waals surface area contributed by atoms with Gasteiger partial charge in [0.1, 0.15) is 5.60 Å². The van der Waals surface area contributed by atoms with E-state index in [2.05, 4.69) is 5.32 Å². The predicted octanol–water partition coefficient (Wildman–Crippen LogP) is 3.28. The molecule has 102 valence electrons. The van der Waals surface area contributed by atoms with Crippen LogP contribution >= 0.6 is 11.6 Å². The average molecular weight is 286 g/mol. The van der Waals surface area contributed by atoms with E-state index in [1.54, 1.807) is 0 Å². The van der Waals surface area contributed by atoms with Crippen LogP contribution < -0.4 is 5.32 Å². The van der Waals surface area contributed by atoms with Crippen molar-refractivity contribution in [1.29, 1.82) is 0 Å². The van der Waals surface area contributed by atoms with Crippen LogP contribution in [-0.4, -0.2) is 18.7 Å². The molecule has 20 heavy (non-hydrogen) atoms. The van der Waals surface area contributed by atoms with Gasteiger partial charge in [-0.25, -0.2) is 0 Å². The Morgan fingerprint density at radius 3 is 2.50 bits per heavy atom. The van der Waals surface area contributed by atoms with Crippen LogP contribution in [0.4, 0.5) is 0 Å². The third kappa shape index (κ3) is 2.06. The van der Waals surface area contributed by atoms with Gasteiger partial charge in [0.25, 0.3) is 0 Å². The first-order chi connectivity index (χ1) is 9.65. The van der Waals surface area contributed by atoms with Gasteiger partial charge in [0.15, 0.2) is 0 Å². The zero-order chi connectivity index (χ0) is 14.2. The fourth-order valence-electron chi connectivity index (χ4n) is 2.82. The summed E-state index contributed by atoms with van der Waals surface area (Å²) in [5.41, 5.74) is 2.66. The van der Waals surface area contributed by atoms with E-state index in [4.69, 9.17) is 11.6 Å². The summed E-state index contributed by atoms with van der Waals surface area (Å²) in [5.74, 6) is 0. The Bertz CT molecular complexity index is 680. The minimum absolute atomic E-state index is 0.430. The minimum Gasteiger partial charge on any atom is -0.379 e. The van der Waals surface area contributed by atoms with Gasteiger partial charge in [-0.1, -0.05) is 54.1 Å². The Hall–Kier alpha value is -1.61. The van der Waals surface area contributed by atoms with E-state index in [0.717, 1.165) is 22.3 Å². The number of aliphatic hydroxyl groups is 1. The van der Waals surface area contributed by atoms with Crippen LogP contribution in [0.3, 0.4) is 0 Å². The number of hydrogen-bond donors (Lipinski definition) is 2. The van der Waals surface area contributed by atoms with Crippen molar-refractivity contribution >= 4 is 23.8 Å². The molecule has 0 aromatic heterocycles. The molecule has 0 bridgehead atoms. The van der Waals surface area contributed by atoms with Gasteiger partial charge in [0, 0.05) is 11.6 Å². The van der Waals surface area contributed by atoms with Crippen molar-refractivity contribution in [2.24, 2.45) is 0 Å². The molecule has 1 unspecified atom stereocenters. The van der Waals surface area contributed by atoms with E-state index in [9.17, 15) is 5.11 Å². The Kier molecular flexibility index (Phi) is 3.38. The van der Waals surface area contributed by atoms with Gasteiger partial charge in [-0.05, 0) is 41.4 Å². The molecule has 2 nitrogen and oxygen atoms in total. The zero-order valence-corrected chi connectivity index (χ0v) is 12.0. The maximum atomic E-state index is 11.3. The van der Waals surface area contributed by atoms with E-state index in [0.29, 0.717) is 11.6 Å². The maximum absolute atomic E-state index is 11.3. The average Bonchev–Trinajstić information content (AvgIpc) is 2.57. The molecule has 0 fully saturated rings. The summed E-state index contributed by atoms with van der Waals surface area (Å²) in [7, 11) is 1.84. The first-order valence-corrected chi connectivity index (χ1v) is 6.97. The van der Waals surface area contributed by atoms with Crippen molar-refractivity contribution in [3.63, 3.8) is 0 Å². The Morgan fingerprint density at radius 1 is 1.05 bits per heavy atom. The zero-order valence-electron chi connectivity index (χ0n) is 11.2. The molecule has 1 aliphatic rings. The lowest BCUT2D eigenvalue weighted by molar-refractivity contribution is 0.0821. The molecule has 3 rings (SSSR count). The molecule has 2 N–H and O–H groups in total. The summed E-state index contributed by atoms with van der Waals surface area (Å²) < 4.78 is 0. The standard InChI is InChI=1S/C17H16ClNO/c1-19-11-17(20)15-5-3-2-4-12(15)6-7-13-8-9-14(18)10-16(13)17/h2-10,19-20H,11H2,1H3. The first kappa shape index (κ1) is 13.4. The lowest BCUT2D eigenvalue weighted by Gasteiger charge is -2.31. The van der Waals surface area contributed by atoms with E-state index in [1.807, 2.05) is 61.7 Å². The van der Waals surface area contributed by atoms with Crippen molar-refractivity contribution in [3.05, 3.63) is 69.7 Å². The molecule has 0 heterocycles. The second-order valence-electron chi connectivity index (χ2n) is 5.04. The van der Waals surface area contributed by atoms with Gasteiger partial charge >= 0.3 is 0 Å². The van der Waals surface area contributed by atoms with Crippen LogP contribution in [0, 0.1) is 0 Å². The number of nitrogens with one attached hydrogen (secondary N) is 1. The lowest BCUT2D eigenvalue weighted by Crippen LogP contribution is -2.38. The number of rotatable bonds is 2. The molecule has 1 atom stereocenters. The molecular weight excluding hydrogens is 270 g/mol. The van der Waals surface area contributed by atoms with E-state index < -0.39 is 5.60 Å². The normalized spacial score (nSPS) is 20.1. The van der Waals surface area contributed by atoms with Gasteiger partial charge < -0.3 is 10.4 Å². The molecule has 3 heteroatoms. The van der Waals surface area contributed by atoms with Crippen LogP contribution in [0.25, 0.3) is 12.2 Å². The van der Waals surface area contributed by atoms with Crippen molar-refractivity contribution in [1.82, 2.24) is 5.32 Å². The fraction of sp³-hybridized carbons (Fsp3) is 0.176. The highest BCUT2D eigenvalue weighted by Gasteiger charge is 2.35. The largest absolute Gasteiger partial charge is 0.379 e. The van der Waals surface area contributed by atoms with E-state index in [-0.39, 0.29) is 0 Å². The fourth-order valence-corrected chi connectivity index (χ4v) is 2.99. The molecule has 2 aromatic carbocycles. The van der Waals surface area contributed by atoms with Gasteiger partial charge in [0.2, 0.25) is 0 Å². The monoisotopic (exact) mass is 285 g/mol. The Balaban J connectivity index is 2.32. The number of hydrogen-bond acceptors (Lipinski definition) is 2. The van der Waals surface area contributed by atoms with Crippen molar-refractivity contribution in [3.8, 4) is 0 Å². The number of fused-ring (bicyclic) bond motifs is 2. The first-order valence-electron chi connectivity index (χ1n) is 6.60. The maximum Gasteiger partial charge on any atom is 0.128 e. The number of halogens is 1. The smallest absolute Gasteiger partial charge is 0.128 e. The van der Waals surface area contributed by atoms with Gasteiger partial charge in [-0.15, -0.1) is 0 Å². The van der Waals surface area contributed by atoms with Crippen LogP contribution in [0.15, 0.2) is 42.5 Å². The second kappa shape index (κ2) is 5.06. The molecule has 2 aromatic rings. The Morgan fingerprint density at radius 2 is 1.75 bits per heavy atom.